The third-order valence-electron chi connectivity index (χ3n) is 3.55. The normalized spacial score (nSPS) is 23.6. The minimum Gasteiger partial charge on any atom is -0.374 e. The highest BCUT2D eigenvalue weighted by Crippen LogP contribution is 2.16. The molecule has 100 valence electrons. The topological polar surface area (TPSA) is 24.5 Å². The van der Waals surface area contributed by atoms with Crippen molar-refractivity contribution in [2.75, 3.05) is 33.3 Å². The molecule has 0 aliphatic carbocycles. The summed E-state index contributed by atoms with van der Waals surface area (Å²) in [6, 6.07) is 0.405. The number of hydrogen-bond acceptors (Lipinski definition) is 3. The smallest absolute Gasteiger partial charge is 0.0858 e. The number of rotatable bonds is 7. The van der Waals surface area contributed by atoms with Crippen molar-refractivity contribution in [3.05, 3.63) is 12.2 Å². The third kappa shape index (κ3) is 4.78. The molecule has 0 aromatic heterocycles. The van der Waals surface area contributed by atoms with Crippen LogP contribution in [0.5, 0.6) is 0 Å². The SMILES string of the molecule is C=C(CC)CC(NC)C1CN(CCC)CCO1. The van der Waals surface area contributed by atoms with E-state index in [1.54, 1.807) is 0 Å². The maximum absolute atomic E-state index is 5.91. The zero-order chi connectivity index (χ0) is 12.7. The quantitative estimate of drug-likeness (QED) is 0.689. The predicted molar refractivity (Wildman–Crippen MR) is 73.4 cm³/mol. The lowest BCUT2D eigenvalue weighted by Gasteiger charge is -2.37. The highest BCUT2D eigenvalue weighted by Gasteiger charge is 2.26. The van der Waals surface area contributed by atoms with E-state index in [0.717, 1.165) is 32.5 Å². The van der Waals surface area contributed by atoms with E-state index in [2.05, 4.69) is 30.6 Å². The third-order valence-corrected chi connectivity index (χ3v) is 3.55. The maximum Gasteiger partial charge on any atom is 0.0858 e. The van der Waals surface area contributed by atoms with E-state index in [1.165, 1.54) is 18.5 Å². The second-order valence-electron chi connectivity index (χ2n) is 4.91. The Bertz CT molecular complexity index is 228. The van der Waals surface area contributed by atoms with Crippen LogP contribution in [0.3, 0.4) is 0 Å². The number of nitrogens with one attached hydrogen (secondary N) is 1. The summed E-state index contributed by atoms with van der Waals surface area (Å²) in [5.41, 5.74) is 1.31. The summed E-state index contributed by atoms with van der Waals surface area (Å²) in [5, 5.41) is 3.39. The van der Waals surface area contributed by atoms with Crippen LogP contribution in [-0.2, 0) is 4.74 Å². The summed E-state index contributed by atoms with van der Waals surface area (Å²) in [7, 11) is 2.02. The molecule has 1 heterocycles. The van der Waals surface area contributed by atoms with Gasteiger partial charge >= 0.3 is 0 Å². The van der Waals surface area contributed by atoms with Crippen molar-refractivity contribution >= 4 is 0 Å². The first-order chi connectivity index (χ1) is 8.21. The van der Waals surface area contributed by atoms with Gasteiger partial charge in [-0.25, -0.2) is 0 Å². The van der Waals surface area contributed by atoms with Gasteiger partial charge in [0.25, 0.3) is 0 Å². The average molecular weight is 240 g/mol. The van der Waals surface area contributed by atoms with Crippen LogP contribution in [0.4, 0.5) is 0 Å². The van der Waals surface area contributed by atoms with Crippen LogP contribution in [0, 0.1) is 0 Å². The summed E-state index contributed by atoms with van der Waals surface area (Å²) in [6.07, 6.45) is 3.61. The lowest BCUT2D eigenvalue weighted by atomic mass is 9.99. The van der Waals surface area contributed by atoms with Gasteiger partial charge in [-0.1, -0.05) is 26.0 Å². The first-order valence-corrected chi connectivity index (χ1v) is 6.89. The van der Waals surface area contributed by atoms with Crippen molar-refractivity contribution in [2.45, 2.75) is 45.3 Å². The van der Waals surface area contributed by atoms with Gasteiger partial charge in [0.15, 0.2) is 0 Å². The highest BCUT2D eigenvalue weighted by atomic mass is 16.5. The number of ether oxygens (including phenoxy) is 1. The Hall–Kier alpha value is -0.380. The van der Waals surface area contributed by atoms with Crippen molar-refractivity contribution in [3.8, 4) is 0 Å². The standard InChI is InChI=1S/C14H28N2O/c1-5-7-16-8-9-17-14(11-16)13(15-4)10-12(3)6-2/h13-15H,3,5-11H2,1-2,4H3. The predicted octanol–water partition coefficient (Wildman–Crippen LogP) is 2.04. The molecule has 2 atom stereocenters. The van der Waals surface area contributed by atoms with Crippen LogP contribution < -0.4 is 5.32 Å². The molecule has 0 aromatic carbocycles. The molecule has 1 fully saturated rings. The van der Waals surface area contributed by atoms with E-state index >= 15 is 0 Å². The Kier molecular flexibility index (Phi) is 6.78. The van der Waals surface area contributed by atoms with E-state index in [-0.39, 0.29) is 0 Å². The van der Waals surface area contributed by atoms with Gasteiger partial charge in [0.1, 0.15) is 0 Å². The first kappa shape index (κ1) is 14.7. The summed E-state index contributed by atoms with van der Waals surface area (Å²) in [6.45, 7) is 12.7. The number of morpholine rings is 1. The second-order valence-corrected chi connectivity index (χ2v) is 4.91. The fourth-order valence-electron chi connectivity index (χ4n) is 2.37. The monoisotopic (exact) mass is 240 g/mol. The van der Waals surface area contributed by atoms with E-state index in [1.807, 2.05) is 7.05 Å². The molecular weight excluding hydrogens is 212 g/mol. The van der Waals surface area contributed by atoms with Crippen LogP contribution >= 0.6 is 0 Å². The largest absolute Gasteiger partial charge is 0.374 e. The van der Waals surface area contributed by atoms with Gasteiger partial charge in [-0.05, 0) is 32.9 Å². The average Bonchev–Trinajstić information content (AvgIpc) is 2.36. The van der Waals surface area contributed by atoms with Gasteiger partial charge in [-0.15, -0.1) is 0 Å². The van der Waals surface area contributed by atoms with Crippen LogP contribution in [0.25, 0.3) is 0 Å². The molecule has 3 nitrogen and oxygen atoms in total. The molecule has 2 unspecified atom stereocenters. The molecule has 0 aromatic rings. The maximum atomic E-state index is 5.91. The molecule has 0 radical (unpaired) electrons. The Morgan fingerprint density at radius 3 is 2.88 bits per heavy atom. The molecule has 1 aliphatic rings. The Labute approximate surface area is 106 Å². The summed E-state index contributed by atoms with van der Waals surface area (Å²) < 4.78 is 5.91. The number of likely N-dealkylation sites (N-methyl/N-ethyl adjacent to an activating group) is 1. The molecular formula is C14H28N2O. The molecule has 0 saturated carbocycles. The Balaban J connectivity index is 2.47. The van der Waals surface area contributed by atoms with Gasteiger partial charge in [0, 0.05) is 19.1 Å². The van der Waals surface area contributed by atoms with Crippen LogP contribution in [-0.4, -0.2) is 50.3 Å². The van der Waals surface area contributed by atoms with Crippen molar-refractivity contribution in [1.82, 2.24) is 10.2 Å². The zero-order valence-electron chi connectivity index (χ0n) is 11.7. The van der Waals surface area contributed by atoms with Gasteiger partial charge in [-0.2, -0.15) is 0 Å². The second kappa shape index (κ2) is 7.85. The van der Waals surface area contributed by atoms with Gasteiger partial charge in [0.05, 0.1) is 12.7 Å². The van der Waals surface area contributed by atoms with Gasteiger partial charge < -0.3 is 10.1 Å². The Morgan fingerprint density at radius 2 is 2.29 bits per heavy atom. The highest BCUT2D eigenvalue weighted by molar-refractivity contribution is 4.99. The van der Waals surface area contributed by atoms with Crippen molar-refractivity contribution in [3.63, 3.8) is 0 Å². The van der Waals surface area contributed by atoms with Crippen molar-refractivity contribution < 1.29 is 4.74 Å². The lowest BCUT2D eigenvalue weighted by molar-refractivity contribution is -0.0451. The van der Waals surface area contributed by atoms with Crippen molar-refractivity contribution in [2.24, 2.45) is 0 Å². The van der Waals surface area contributed by atoms with Crippen LogP contribution in [0.2, 0.25) is 0 Å². The summed E-state index contributed by atoms with van der Waals surface area (Å²) in [4.78, 5) is 2.51. The molecule has 1 rings (SSSR count). The van der Waals surface area contributed by atoms with Crippen molar-refractivity contribution in [1.29, 1.82) is 0 Å². The van der Waals surface area contributed by atoms with E-state index in [9.17, 15) is 0 Å². The van der Waals surface area contributed by atoms with Gasteiger partial charge in [-0.3, -0.25) is 4.90 Å². The fourth-order valence-corrected chi connectivity index (χ4v) is 2.37. The first-order valence-electron chi connectivity index (χ1n) is 6.89. The minimum absolute atomic E-state index is 0.309. The summed E-state index contributed by atoms with van der Waals surface area (Å²) >= 11 is 0. The number of nitrogens with zero attached hydrogens (tertiary/aromatic N) is 1. The molecule has 0 bridgehead atoms. The molecule has 0 spiro atoms. The summed E-state index contributed by atoms with van der Waals surface area (Å²) in [5.74, 6) is 0. The van der Waals surface area contributed by atoms with Gasteiger partial charge in [0.2, 0.25) is 0 Å². The lowest BCUT2D eigenvalue weighted by Crippen LogP contribution is -2.51. The molecule has 0 amide bonds. The van der Waals surface area contributed by atoms with Crippen LogP contribution in [0.1, 0.15) is 33.1 Å². The minimum atomic E-state index is 0.309. The molecule has 1 saturated heterocycles. The van der Waals surface area contributed by atoms with E-state index in [4.69, 9.17) is 4.74 Å². The van der Waals surface area contributed by atoms with Crippen LogP contribution in [0.15, 0.2) is 12.2 Å². The molecule has 1 aliphatic heterocycles. The Morgan fingerprint density at radius 1 is 1.53 bits per heavy atom. The number of hydrogen-bond donors (Lipinski definition) is 1. The molecule has 1 N–H and O–H groups in total. The molecule has 17 heavy (non-hydrogen) atoms. The van der Waals surface area contributed by atoms with E-state index in [0.29, 0.717) is 12.1 Å². The fraction of sp³-hybridized carbons (Fsp3) is 0.857. The zero-order valence-corrected chi connectivity index (χ0v) is 11.7. The van der Waals surface area contributed by atoms with E-state index < -0.39 is 0 Å². The molecule has 3 heteroatoms.